The zero-order chi connectivity index (χ0) is 15.2. The molecule has 0 amide bonds. The van der Waals surface area contributed by atoms with Crippen LogP contribution in [0.25, 0.3) is 0 Å². The number of hydrogen-bond acceptors (Lipinski definition) is 5. The van der Waals surface area contributed by atoms with Crippen LogP contribution in [0.15, 0.2) is 17.5 Å². The summed E-state index contributed by atoms with van der Waals surface area (Å²) in [5.41, 5.74) is 3.45. The second-order valence-electron chi connectivity index (χ2n) is 5.37. The third-order valence-corrected chi connectivity index (χ3v) is 4.03. The van der Waals surface area contributed by atoms with Crippen LogP contribution < -0.4 is 10.2 Å². The van der Waals surface area contributed by atoms with Crippen molar-refractivity contribution >= 4 is 17.2 Å². The van der Waals surface area contributed by atoms with Crippen molar-refractivity contribution in [2.75, 3.05) is 18.5 Å². The lowest BCUT2D eigenvalue weighted by molar-refractivity contribution is 0.674. The van der Waals surface area contributed by atoms with Gasteiger partial charge in [0.2, 0.25) is 0 Å². The molecule has 21 heavy (non-hydrogen) atoms. The van der Waals surface area contributed by atoms with Gasteiger partial charge in [0.05, 0.1) is 17.2 Å². The first-order valence-electron chi connectivity index (χ1n) is 7.39. The topological polar surface area (TPSA) is 41.1 Å². The second kappa shape index (κ2) is 7.52. The van der Waals surface area contributed by atoms with Gasteiger partial charge in [0.25, 0.3) is 0 Å². The minimum Gasteiger partial charge on any atom is -0.354 e. The van der Waals surface area contributed by atoms with Gasteiger partial charge in [-0.25, -0.2) is 9.97 Å². The lowest BCUT2D eigenvalue weighted by atomic mass is 10.2. The van der Waals surface area contributed by atoms with Crippen LogP contribution in [0.3, 0.4) is 0 Å². The highest BCUT2D eigenvalue weighted by atomic mass is 32.1. The monoisotopic (exact) mass is 304 g/mol. The van der Waals surface area contributed by atoms with E-state index >= 15 is 0 Å². The van der Waals surface area contributed by atoms with E-state index in [0.29, 0.717) is 0 Å². The summed E-state index contributed by atoms with van der Waals surface area (Å²) in [5, 5.41) is 6.67. The van der Waals surface area contributed by atoms with Gasteiger partial charge in [-0.05, 0) is 44.5 Å². The molecule has 0 aromatic carbocycles. The molecule has 0 radical (unpaired) electrons. The summed E-state index contributed by atoms with van der Waals surface area (Å²) in [6, 6.07) is 4.31. The van der Waals surface area contributed by atoms with E-state index in [4.69, 9.17) is 0 Å². The van der Waals surface area contributed by atoms with Crippen LogP contribution in [0.4, 0.5) is 5.82 Å². The van der Waals surface area contributed by atoms with Crippen LogP contribution >= 0.6 is 11.3 Å². The molecule has 0 saturated heterocycles. The molecule has 0 bridgehead atoms. The molecule has 0 saturated carbocycles. The van der Waals surface area contributed by atoms with E-state index in [9.17, 15) is 0 Å². The second-order valence-corrected chi connectivity index (χ2v) is 6.43. The van der Waals surface area contributed by atoms with Crippen molar-refractivity contribution in [3.05, 3.63) is 39.5 Å². The molecule has 0 spiro atoms. The van der Waals surface area contributed by atoms with Crippen molar-refractivity contribution in [3.8, 4) is 0 Å². The van der Waals surface area contributed by atoms with E-state index in [1.54, 1.807) is 11.3 Å². The van der Waals surface area contributed by atoms with Gasteiger partial charge in [0.15, 0.2) is 0 Å². The lowest BCUT2D eigenvalue weighted by Crippen LogP contribution is -2.19. The predicted molar refractivity (Wildman–Crippen MR) is 89.9 cm³/mol. The van der Waals surface area contributed by atoms with E-state index in [1.807, 2.05) is 13.8 Å². The fourth-order valence-electron chi connectivity index (χ4n) is 2.23. The number of hydrogen-bond donors (Lipinski definition) is 1. The third-order valence-electron chi connectivity index (χ3n) is 3.21. The Labute approximate surface area is 131 Å². The van der Waals surface area contributed by atoms with Gasteiger partial charge < -0.3 is 10.2 Å². The maximum atomic E-state index is 4.64. The van der Waals surface area contributed by atoms with Gasteiger partial charge >= 0.3 is 0 Å². The Kier molecular flexibility index (Phi) is 5.70. The van der Waals surface area contributed by atoms with Gasteiger partial charge in [-0.1, -0.05) is 6.92 Å². The largest absolute Gasteiger partial charge is 0.354 e. The zero-order valence-electron chi connectivity index (χ0n) is 13.3. The third kappa shape index (κ3) is 4.79. The molecule has 0 atom stereocenters. The molecule has 0 aliphatic heterocycles. The van der Waals surface area contributed by atoms with E-state index < -0.39 is 0 Å². The molecule has 2 heterocycles. The number of pyridine rings is 1. The average Bonchev–Trinajstić information content (AvgIpc) is 2.84. The molecular weight excluding hydrogens is 280 g/mol. The van der Waals surface area contributed by atoms with Crippen molar-refractivity contribution in [2.24, 2.45) is 0 Å². The number of rotatable bonds is 7. The Bertz CT molecular complexity index is 579. The highest BCUT2D eigenvalue weighted by molar-refractivity contribution is 7.09. The number of aryl methyl sites for hydroxylation is 2. The van der Waals surface area contributed by atoms with Crippen LogP contribution in [-0.4, -0.2) is 23.6 Å². The normalized spacial score (nSPS) is 10.9. The molecule has 114 valence electrons. The Morgan fingerprint density at radius 3 is 2.71 bits per heavy atom. The van der Waals surface area contributed by atoms with Crippen LogP contribution in [0.5, 0.6) is 0 Å². The maximum Gasteiger partial charge on any atom is 0.129 e. The average molecular weight is 304 g/mol. The quantitative estimate of drug-likeness (QED) is 0.797. The van der Waals surface area contributed by atoms with Gasteiger partial charge in [-0.3, -0.25) is 0 Å². The van der Waals surface area contributed by atoms with Crippen molar-refractivity contribution in [3.63, 3.8) is 0 Å². The standard InChI is InChI=1S/C16H24N4S/c1-5-6-17-9-14-7-12(2)18-16(8-14)20(4)10-15-11-21-13(3)19-15/h7-8,11,17H,5-6,9-10H2,1-4H3. The molecule has 0 aliphatic carbocycles. The summed E-state index contributed by atoms with van der Waals surface area (Å²) in [6.07, 6.45) is 1.15. The fraction of sp³-hybridized carbons (Fsp3) is 0.500. The van der Waals surface area contributed by atoms with Crippen molar-refractivity contribution in [1.29, 1.82) is 0 Å². The first kappa shape index (κ1) is 15.9. The van der Waals surface area contributed by atoms with Gasteiger partial charge in [-0.15, -0.1) is 11.3 Å². The Morgan fingerprint density at radius 2 is 2.05 bits per heavy atom. The summed E-state index contributed by atoms with van der Waals surface area (Å²) < 4.78 is 0. The Hall–Kier alpha value is -1.46. The number of nitrogens with zero attached hydrogens (tertiary/aromatic N) is 3. The maximum absolute atomic E-state index is 4.64. The van der Waals surface area contributed by atoms with Crippen molar-refractivity contribution in [1.82, 2.24) is 15.3 Å². The van der Waals surface area contributed by atoms with Gasteiger partial charge in [0, 0.05) is 24.7 Å². The van der Waals surface area contributed by atoms with Gasteiger partial charge in [-0.2, -0.15) is 0 Å². The van der Waals surface area contributed by atoms with Crippen molar-refractivity contribution in [2.45, 2.75) is 40.3 Å². The summed E-state index contributed by atoms with van der Waals surface area (Å²) in [7, 11) is 2.07. The minimum absolute atomic E-state index is 0.794. The Morgan fingerprint density at radius 1 is 1.24 bits per heavy atom. The Balaban J connectivity index is 2.07. The van der Waals surface area contributed by atoms with Crippen molar-refractivity contribution < 1.29 is 0 Å². The molecule has 2 aromatic rings. The molecule has 2 rings (SSSR count). The highest BCUT2D eigenvalue weighted by Crippen LogP contribution is 2.17. The van der Waals surface area contributed by atoms with E-state index in [1.165, 1.54) is 5.56 Å². The molecule has 2 aromatic heterocycles. The molecule has 1 N–H and O–H groups in total. The number of anilines is 1. The van der Waals surface area contributed by atoms with E-state index in [0.717, 1.165) is 48.3 Å². The summed E-state index contributed by atoms with van der Waals surface area (Å²) >= 11 is 1.69. The number of thiazole rings is 1. The minimum atomic E-state index is 0.794. The van der Waals surface area contributed by atoms with Gasteiger partial charge in [0.1, 0.15) is 5.82 Å². The molecular formula is C16H24N4S. The van der Waals surface area contributed by atoms with Crippen LogP contribution in [-0.2, 0) is 13.1 Å². The molecule has 0 unspecified atom stereocenters. The summed E-state index contributed by atoms with van der Waals surface area (Å²) in [4.78, 5) is 11.3. The number of nitrogens with one attached hydrogen (secondary N) is 1. The first-order valence-corrected chi connectivity index (χ1v) is 8.27. The number of aromatic nitrogens is 2. The SMILES string of the molecule is CCCNCc1cc(C)nc(N(C)Cc2csc(C)n2)c1. The highest BCUT2D eigenvalue weighted by Gasteiger charge is 2.08. The van der Waals surface area contributed by atoms with E-state index in [-0.39, 0.29) is 0 Å². The fourth-order valence-corrected chi connectivity index (χ4v) is 2.84. The smallest absolute Gasteiger partial charge is 0.129 e. The lowest BCUT2D eigenvalue weighted by Gasteiger charge is -2.18. The first-order chi connectivity index (χ1) is 10.1. The molecule has 0 aliphatic rings. The van der Waals surface area contributed by atoms with Crippen LogP contribution in [0.1, 0.15) is 35.3 Å². The molecule has 0 fully saturated rings. The summed E-state index contributed by atoms with van der Waals surface area (Å²) in [6.45, 7) is 9.01. The zero-order valence-corrected chi connectivity index (χ0v) is 14.1. The molecule has 5 heteroatoms. The van der Waals surface area contributed by atoms with Crippen LogP contribution in [0.2, 0.25) is 0 Å². The molecule has 4 nitrogen and oxygen atoms in total. The summed E-state index contributed by atoms with van der Waals surface area (Å²) in [5.74, 6) is 1.01. The van der Waals surface area contributed by atoms with E-state index in [2.05, 4.69) is 51.7 Å². The van der Waals surface area contributed by atoms with Crippen LogP contribution in [0, 0.1) is 13.8 Å². The predicted octanol–water partition coefficient (Wildman–Crippen LogP) is 3.29.